The summed E-state index contributed by atoms with van der Waals surface area (Å²) >= 11 is 0. The van der Waals surface area contributed by atoms with Crippen molar-refractivity contribution < 1.29 is 34.4 Å². The summed E-state index contributed by atoms with van der Waals surface area (Å²) < 4.78 is 88.9. The predicted molar refractivity (Wildman–Crippen MR) is 78.0 cm³/mol. The van der Waals surface area contributed by atoms with Crippen LogP contribution in [-0.2, 0) is 30.1 Å². The van der Waals surface area contributed by atoms with Crippen molar-refractivity contribution in [2.45, 2.75) is 19.6 Å². The number of sulfone groups is 1. The van der Waals surface area contributed by atoms with Crippen molar-refractivity contribution in [2.75, 3.05) is 0 Å². The fourth-order valence-corrected chi connectivity index (χ4v) is 5.74. The van der Waals surface area contributed by atoms with Crippen LogP contribution in [-0.4, -0.2) is 34.4 Å². The zero-order valence-corrected chi connectivity index (χ0v) is 13.6. The van der Waals surface area contributed by atoms with Gasteiger partial charge in [-0.15, -0.1) is 0 Å². The van der Waals surface area contributed by atoms with Gasteiger partial charge >= 0.3 is 0 Å². The molecular formula is C12H10O8S3. The summed E-state index contributed by atoms with van der Waals surface area (Å²) in [5.74, 6) is 0. The van der Waals surface area contributed by atoms with Gasteiger partial charge in [-0.1, -0.05) is 24.3 Å². The predicted octanol–water partition coefficient (Wildman–Crippen LogP) is 1.01. The average Bonchev–Trinajstić information content (AvgIpc) is 2.45. The lowest BCUT2D eigenvalue weighted by atomic mass is 10.4. The Hall–Kier alpha value is -1.79. The zero-order chi connectivity index (χ0) is 17.5. The van der Waals surface area contributed by atoms with Gasteiger partial charge in [0.05, 0.1) is 9.79 Å². The molecule has 0 aromatic heterocycles. The normalized spacial score (nSPS) is 13.0. The van der Waals surface area contributed by atoms with E-state index in [4.69, 9.17) is 9.11 Å². The molecule has 0 unspecified atom stereocenters. The Morgan fingerprint density at radius 1 is 0.522 bits per heavy atom. The van der Waals surface area contributed by atoms with Crippen molar-refractivity contribution in [2.24, 2.45) is 0 Å². The molecule has 0 amide bonds. The summed E-state index contributed by atoms with van der Waals surface area (Å²) in [5.41, 5.74) is 0. The Kier molecular flexibility index (Phi) is 4.34. The maximum atomic E-state index is 12.6. The van der Waals surface area contributed by atoms with Crippen LogP contribution in [0.2, 0.25) is 0 Å². The van der Waals surface area contributed by atoms with Crippen LogP contribution in [0.4, 0.5) is 0 Å². The minimum absolute atomic E-state index is 0.807. The van der Waals surface area contributed by atoms with Crippen LogP contribution in [0.3, 0.4) is 0 Å². The maximum Gasteiger partial charge on any atom is 0.295 e. The second-order valence-corrected chi connectivity index (χ2v) is 9.01. The van der Waals surface area contributed by atoms with E-state index in [0.29, 0.717) is 0 Å². The Labute approximate surface area is 132 Å². The average molecular weight is 378 g/mol. The van der Waals surface area contributed by atoms with Gasteiger partial charge in [-0.25, -0.2) is 8.42 Å². The lowest BCUT2D eigenvalue weighted by Gasteiger charge is -2.11. The topological polar surface area (TPSA) is 143 Å². The van der Waals surface area contributed by atoms with E-state index in [1.54, 1.807) is 0 Å². The Balaban J connectivity index is 2.88. The van der Waals surface area contributed by atoms with E-state index in [2.05, 4.69) is 0 Å². The largest absolute Gasteiger partial charge is 0.295 e. The molecular weight excluding hydrogens is 368 g/mol. The molecule has 124 valence electrons. The van der Waals surface area contributed by atoms with E-state index in [1.807, 2.05) is 0 Å². The standard InChI is InChI=1S/C12H10O8S3/c13-21(14,9-5-1-3-7-11(9)22(15,16)17)10-6-2-4-8-12(10)23(18,19)20/h1-8H,(H,15,16,17)(H,18,19,20). The van der Waals surface area contributed by atoms with Crippen LogP contribution < -0.4 is 0 Å². The molecule has 0 atom stereocenters. The second-order valence-electron chi connectivity index (χ2n) is 4.35. The highest BCUT2D eigenvalue weighted by atomic mass is 32.2. The van der Waals surface area contributed by atoms with E-state index in [9.17, 15) is 25.3 Å². The van der Waals surface area contributed by atoms with Gasteiger partial charge in [0.15, 0.2) is 0 Å². The third-order valence-corrected chi connectivity index (χ3v) is 6.79. The molecule has 8 nitrogen and oxygen atoms in total. The SMILES string of the molecule is O=S(=O)(O)c1ccccc1S(=O)(=O)c1ccccc1S(=O)(=O)O. The highest BCUT2D eigenvalue weighted by Gasteiger charge is 2.31. The highest BCUT2D eigenvalue weighted by molar-refractivity contribution is 7.94. The quantitative estimate of drug-likeness (QED) is 0.750. The van der Waals surface area contributed by atoms with Crippen LogP contribution in [0.5, 0.6) is 0 Å². The second kappa shape index (κ2) is 5.69. The first-order valence-electron chi connectivity index (χ1n) is 5.84. The number of benzene rings is 2. The van der Waals surface area contributed by atoms with Gasteiger partial charge in [0, 0.05) is 0 Å². The van der Waals surface area contributed by atoms with Crippen molar-refractivity contribution in [3.8, 4) is 0 Å². The van der Waals surface area contributed by atoms with Gasteiger partial charge in [-0.05, 0) is 24.3 Å². The molecule has 0 heterocycles. The van der Waals surface area contributed by atoms with Crippen molar-refractivity contribution in [3.63, 3.8) is 0 Å². The molecule has 0 spiro atoms. The first-order chi connectivity index (χ1) is 10.5. The van der Waals surface area contributed by atoms with Gasteiger partial charge in [-0.2, -0.15) is 16.8 Å². The molecule has 2 N–H and O–H groups in total. The molecule has 0 aliphatic heterocycles. The first-order valence-corrected chi connectivity index (χ1v) is 10.2. The third-order valence-electron chi connectivity index (χ3n) is 2.83. The van der Waals surface area contributed by atoms with Gasteiger partial charge in [0.2, 0.25) is 9.84 Å². The molecule has 23 heavy (non-hydrogen) atoms. The van der Waals surface area contributed by atoms with Gasteiger partial charge < -0.3 is 0 Å². The van der Waals surface area contributed by atoms with E-state index >= 15 is 0 Å². The lowest BCUT2D eigenvalue weighted by molar-refractivity contribution is 0.479. The van der Waals surface area contributed by atoms with E-state index < -0.39 is 49.7 Å². The molecule has 0 radical (unpaired) electrons. The first kappa shape index (κ1) is 17.6. The van der Waals surface area contributed by atoms with Gasteiger partial charge in [0.25, 0.3) is 20.2 Å². The molecule has 2 aromatic rings. The summed E-state index contributed by atoms with van der Waals surface area (Å²) in [6, 6.07) is 8.32. The monoisotopic (exact) mass is 378 g/mol. The molecule has 2 rings (SSSR count). The number of rotatable bonds is 4. The zero-order valence-electron chi connectivity index (χ0n) is 11.2. The molecule has 0 aliphatic rings. The molecule has 0 saturated carbocycles. The molecule has 11 heteroatoms. The Morgan fingerprint density at radius 3 is 1.04 bits per heavy atom. The lowest BCUT2D eigenvalue weighted by Crippen LogP contribution is -2.13. The summed E-state index contributed by atoms with van der Waals surface area (Å²) in [5, 5.41) is 0. The summed E-state index contributed by atoms with van der Waals surface area (Å²) in [7, 11) is -14.4. The van der Waals surface area contributed by atoms with Crippen LogP contribution in [0.25, 0.3) is 0 Å². The maximum absolute atomic E-state index is 12.6. The molecule has 0 aliphatic carbocycles. The Bertz CT molecular complexity index is 985. The van der Waals surface area contributed by atoms with Crippen LogP contribution in [0.15, 0.2) is 68.1 Å². The van der Waals surface area contributed by atoms with Crippen molar-refractivity contribution >= 4 is 30.1 Å². The van der Waals surface area contributed by atoms with E-state index in [1.165, 1.54) is 24.3 Å². The van der Waals surface area contributed by atoms with Crippen molar-refractivity contribution in [1.29, 1.82) is 0 Å². The van der Waals surface area contributed by atoms with Crippen molar-refractivity contribution in [1.82, 2.24) is 0 Å². The van der Waals surface area contributed by atoms with Crippen LogP contribution in [0, 0.1) is 0 Å². The fraction of sp³-hybridized carbons (Fsp3) is 0. The summed E-state index contributed by atoms with van der Waals surface area (Å²) in [6.45, 7) is 0. The molecule has 0 fully saturated rings. The molecule has 0 bridgehead atoms. The van der Waals surface area contributed by atoms with Gasteiger partial charge in [-0.3, -0.25) is 9.11 Å². The Morgan fingerprint density at radius 2 is 0.783 bits per heavy atom. The summed E-state index contributed by atoms with van der Waals surface area (Å²) in [6.07, 6.45) is 0. The van der Waals surface area contributed by atoms with E-state index in [0.717, 1.165) is 24.3 Å². The highest BCUT2D eigenvalue weighted by Crippen LogP contribution is 2.30. The minimum atomic E-state index is -4.86. The van der Waals surface area contributed by atoms with E-state index in [-0.39, 0.29) is 0 Å². The van der Waals surface area contributed by atoms with Crippen LogP contribution in [0.1, 0.15) is 0 Å². The number of hydrogen-bond donors (Lipinski definition) is 2. The van der Waals surface area contributed by atoms with Crippen LogP contribution >= 0.6 is 0 Å². The summed E-state index contributed by atoms with van der Waals surface area (Å²) in [4.78, 5) is -3.41. The third kappa shape index (κ3) is 3.43. The molecule has 2 aromatic carbocycles. The van der Waals surface area contributed by atoms with Crippen molar-refractivity contribution in [3.05, 3.63) is 48.5 Å². The smallest absolute Gasteiger partial charge is 0.282 e. The minimum Gasteiger partial charge on any atom is -0.282 e. The molecule has 0 saturated heterocycles. The number of hydrogen-bond acceptors (Lipinski definition) is 6. The fourth-order valence-electron chi connectivity index (χ4n) is 1.89. The van der Waals surface area contributed by atoms with Gasteiger partial charge in [0.1, 0.15) is 9.79 Å².